The second-order valence-electron chi connectivity index (χ2n) is 5.15. The summed E-state index contributed by atoms with van der Waals surface area (Å²) < 4.78 is 9.89. The maximum Gasteiger partial charge on any atom is 0.323 e. The van der Waals surface area contributed by atoms with Crippen LogP contribution in [-0.2, 0) is 19.1 Å². The lowest BCUT2D eigenvalue weighted by Crippen LogP contribution is -2.36. The summed E-state index contributed by atoms with van der Waals surface area (Å²) in [6.07, 6.45) is 0.0884. The first-order valence-corrected chi connectivity index (χ1v) is 8.57. The Labute approximate surface area is 144 Å². The molecule has 1 heterocycles. The smallest absolute Gasteiger partial charge is 0.323 e. The number of carbonyl (C=O) groups is 3. The second kappa shape index (κ2) is 8.16. The first-order chi connectivity index (χ1) is 11.5. The summed E-state index contributed by atoms with van der Waals surface area (Å²) >= 11 is 1.20. The number of methoxy groups -OCH3 is 1. The van der Waals surface area contributed by atoms with Gasteiger partial charge in [-0.3, -0.25) is 14.4 Å². The number of imide groups is 1. The zero-order chi connectivity index (χ0) is 17.7. The molecule has 1 fully saturated rings. The maximum atomic E-state index is 12.5. The van der Waals surface area contributed by atoms with Crippen LogP contribution >= 0.6 is 11.8 Å². The van der Waals surface area contributed by atoms with Gasteiger partial charge in [-0.1, -0.05) is 0 Å². The van der Waals surface area contributed by atoms with Gasteiger partial charge in [0, 0.05) is 12.2 Å². The first kappa shape index (κ1) is 18.3. The molecule has 1 aliphatic heterocycles. The molecular weight excluding hydrogens is 332 g/mol. The van der Waals surface area contributed by atoms with Crippen LogP contribution in [0.1, 0.15) is 13.3 Å². The Morgan fingerprint density at radius 3 is 2.62 bits per heavy atom. The van der Waals surface area contributed by atoms with E-state index in [-0.39, 0.29) is 30.6 Å². The molecule has 0 spiro atoms. The standard InChI is InChI=1S/C16H20N2O5S/c1-3-23-16(21)12(17)9-24-13-8-14(19)18(15(13)20)10-4-6-11(22-2)7-5-10/h4-7,12-13H,3,8-9,17H2,1-2H3/t12-,13+/m0/s1. The minimum absolute atomic E-state index is 0.0884. The molecule has 0 aromatic heterocycles. The minimum atomic E-state index is -0.812. The number of benzene rings is 1. The van der Waals surface area contributed by atoms with Gasteiger partial charge in [0.1, 0.15) is 11.8 Å². The highest BCUT2D eigenvalue weighted by Gasteiger charge is 2.40. The molecule has 0 saturated carbocycles. The summed E-state index contributed by atoms with van der Waals surface area (Å²) in [5.41, 5.74) is 6.22. The average molecular weight is 352 g/mol. The highest BCUT2D eigenvalue weighted by atomic mass is 32.2. The number of ether oxygens (including phenoxy) is 2. The molecule has 24 heavy (non-hydrogen) atoms. The van der Waals surface area contributed by atoms with E-state index < -0.39 is 17.3 Å². The Balaban J connectivity index is 1.99. The number of esters is 1. The molecule has 1 aromatic carbocycles. The summed E-state index contributed by atoms with van der Waals surface area (Å²) in [5.74, 6) is -0.213. The zero-order valence-corrected chi connectivity index (χ0v) is 14.4. The Hall–Kier alpha value is -2.06. The number of nitrogens with zero attached hydrogens (tertiary/aromatic N) is 1. The van der Waals surface area contributed by atoms with Gasteiger partial charge in [-0.2, -0.15) is 0 Å². The van der Waals surface area contributed by atoms with Crippen molar-refractivity contribution >= 4 is 35.2 Å². The van der Waals surface area contributed by atoms with Crippen molar-refractivity contribution in [3.8, 4) is 5.75 Å². The summed E-state index contributed by atoms with van der Waals surface area (Å²) in [4.78, 5) is 37.3. The fourth-order valence-electron chi connectivity index (χ4n) is 2.27. The average Bonchev–Trinajstić information content (AvgIpc) is 2.86. The molecule has 130 valence electrons. The van der Waals surface area contributed by atoms with Gasteiger partial charge in [-0.25, -0.2) is 4.90 Å². The summed E-state index contributed by atoms with van der Waals surface area (Å²) in [6.45, 7) is 1.95. The van der Waals surface area contributed by atoms with Crippen LogP contribution in [0.3, 0.4) is 0 Å². The third-order valence-corrected chi connectivity index (χ3v) is 4.82. The third-order valence-electron chi connectivity index (χ3n) is 3.50. The molecule has 2 amide bonds. The van der Waals surface area contributed by atoms with Crippen molar-refractivity contribution in [2.45, 2.75) is 24.6 Å². The van der Waals surface area contributed by atoms with E-state index in [1.807, 2.05) is 0 Å². The van der Waals surface area contributed by atoms with Crippen LogP contribution in [0.4, 0.5) is 5.69 Å². The molecule has 0 bridgehead atoms. The van der Waals surface area contributed by atoms with Crippen molar-refractivity contribution in [2.24, 2.45) is 5.73 Å². The molecule has 0 aliphatic carbocycles. The van der Waals surface area contributed by atoms with Crippen LogP contribution in [0.2, 0.25) is 0 Å². The van der Waals surface area contributed by atoms with E-state index >= 15 is 0 Å². The lowest BCUT2D eigenvalue weighted by molar-refractivity contribution is -0.144. The van der Waals surface area contributed by atoms with E-state index in [9.17, 15) is 14.4 Å². The largest absolute Gasteiger partial charge is 0.497 e. The predicted molar refractivity (Wildman–Crippen MR) is 91.0 cm³/mol. The van der Waals surface area contributed by atoms with E-state index in [4.69, 9.17) is 15.2 Å². The molecule has 1 aliphatic rings. The zero-order valence-electron chi connectivity index (χ0n) is 13.6. The van der Waals surface area contributed by atoms with Crippen molar-refractivity contribution in [1.82, 2.24) is 0 Å². The molecule has 2 atom stereocenters. The van der Waals surface area contributed by atoms with Gasteiger partial charge < -0.3 is 15.2 Å². The monoisotopic (exact) mass is 352 g/mol. The Morgan fingerprint density at radius 2 is 2.04 bits per heavy atom. The number of hydrogen-bond donors (Lipinski definition) is 1. The SMILES string of the molecule is CCOC(=O)[C@@H](N)CS[C@@H]1CC(=O)N(c2ccc(OC)cc2)C1=O. The van der Waals surface area contributed by atoms with Gasteiger partial charge in [0.25, 0.3) is 0 Å². The van der Waals surface area contributed by atoms with E-state index in [2.05, 4.69) is 0 Å². The molecular formula is C16H20N2O5S. The van der Waals surface area contributed by atoms with Crippen molar-refractivity contribution in [2.75, 3.05) is 24.4 Å². The van der Waals surface area contributed by atoms with Gasteiger partial charge in [0.15, 0.2) is 0 Å². The first-order valence-electron chi connectivity index (χ1n) is 7.52. The highest BCUT2D eigenvalue weighted by molar-refractivity contribution is 8.00. The molecule has 7 nitrogen and oxygen atoms in total. The lowest BCUT2D eigenvalue weighted by atomic mass is 10.3. The molecule has 1 saturated heterocycles. The van der Waals surface area contributed by atoms with Gasteiger partial charge in [0.2, 0.25) is 11.8 Å². The number of hydrogen-bond acceptors (Lipinski definition) is 7. The topological polar surface area (TPSA) is 98.9 Å². The summed E-state index contributed by atoms with van der Waals surface area (Å²) in [5, 5.41) is -0.542. The number of amides is 2. The van der Waals surface area contributed by atoms with Gasteiger partial charge in [-0.15, -0.1) is 11.8 Å². The lowest BCUT2D eigenvalue weighted by Gasteiger charge is -2.16. The van der Waals surface area contributed by atoms with Crippen LogP contribution in [0.25, 0.3) is 0 Å². The fourth-order valence-corrected chi connectivity index (χ4v) is 3.36. The third kappa shape index (κ3) is 4.07. The number of thioether (sulfide) groups is 1. The Bertz CT molecular complexity index is 619. The van der Waals surface area contributed by atoms with Crippen LogP contribution in [-0.4, -0.2) is 48.5 Å². The second-order valence-corrected chi connectivity index (χ2v) is 6.39. The van der Waals surface area contributed by atoms with Gasteiger partial charge >= 0.3 is 5.97 Å². The normalized spacial score (nSPS) is 18.6. The molecule has 1 aromatic rings. The number of nitrogens with two attached hydrogens (primary N) is 1. The molecule has 2 N–H and O–H groups in total. The van der Waals surface area contributed by atoms with E-state index in [0.717, 1.165) is 4.90 Å². The number of rotatable bonds is 7. The maximum absolute atomic E-state index is 12.5. The summed E-state index contributed by atoms with van der Waals surface area (Å²) in [7, 11) is 1.54. The number of anilines is 1. The number of carbonyl (C=O) groups excluding carboxylic acids is 3. The fraction of sp³-hybridized carbons (Fsp3) is 0.438. The summed E-state index contributed by atoms with van der Waals surface area (Å²) in [6, 6.07) is 5.88. The van der Waals surface area contributed by atoms with Crippen LogP contribution in [0, 0.1) is 0 Å². The van der Waals surface area contributed by atoms with Crippen LogP contribution < -0.4 is 15.4 Å². The quantitative estimate of drug-likeness (QED) is 0.576. The van der Waals surface area contributed by atoms with Gasteiger partial charge in [0.05, 0.1) is 24.7 Å². The van der Waals surface area contributed by atoms with Crippen molar-refractivity contribution < 1.29 is 23.9 Å². The van der Waals surface area contributed by atoms with Crippen molar-refractivity contribution in [3.05, 3.63) is 24.3 Å². The van der Waals surface area contributed by atoms with E-state index in [0.29, 0.717) is 11.4 Å². The van der Waals surface area contributed by atoms with E-state index in [1.54, 1.807) is 38.3 Å². The minimum Gasteiger partial charge on any atom is -0.497 e. The molecule has 2 rings (SSSR count). The molecule has 8 heteroatoms. The Kier molecular flexibility index (Phi) is 6.22. The van der Waals surface area contributed by atoms with Crippen LogP contribution in [0.15, 0.2) is 24.3 Å². The van der Waals surface area contributed by atoms with Crippen LogP contribution in [0.5, 0.6) is 5.75 Å². The highest BCUT2D eigenvalue weighted by Crippen LogP contribution is 2.30. The van der Waals surface area contributed by atoms with Crippen molar-refractivity contribution in [1.29, 1.82) is 0 Å². The van der Waals surface area contributed by atoms with Gasteiger partial charge in [-0.05, 0) is 31.2 Å². The molecule has 0 unspecified atom stereocenters. The predicted octanol–water partition coefficient (Wildman–Crippen LogP) is 0.951. The molecule has 0 radical (unpaired) electrons. The van der Waals surface area contributed by atoms with Crippen molar-refractivity contribution in [3.63, 3.8) is 0 Å². The Morgan fingerprint density at radius 1 is 1.38 bits per heavy atom. The van der Waals surface area contributed by atoms with E-state index in [1.165, 1.54) is 11.8 Å².